The molecule has 0 radical (unpaired) electrons. The first kappa shape index (κ1) is 30.0. The van der Waals surface area contributed by atoms with Crippen molar-refractivity contribution >= 4 is 42.7 Å². The topological polar surface area (TPSA) is 181 Å². The molecule has 3 heterocycles. The summed E-state index contributed by atoms with van der Waals surface area (Å²) in [5.41, 5.74) is -0.280. The van der Waals surface area contributed by atoms with Gasteiger partial charge in [-0.15, -0.1) is 0 Å². The van der Waals surface area contributed by atoms with Crippen LogP contribution in [0.4, 0.5) is 11.6 Å². The molecule has 0 bridgehead atoms. The number of anilines is 2. The van der Waals surface area contributed by atoms with Gasteiger partial charge in [0.15, 0.2) is 0 Å². The molecule has 1 aromatic carbocycles. The number of hydrogen-bond donors (Lipinski definition) is 2. The Morgan fingerprint density at radius 1 is 1.19 bits per heavy atom. The molecule has 226 valence electrons. The first-order valence-electron chi connectivity index (χ1n) is 13.4. The van der Waals surface area contributed by atoms with Gasteiger partial charge in [0.05, 0.1) is 52.6 Å². The Bertz CT molecular complexity index is 1870. The summed E-state index contributed by atoms with van der Waals surface area (Å²) >= 11 is 0. The van der Waals surface area contributed by atoms with Crippen LogP contribution in [0.15, 0.2) is 34.2 Å². The van der Waals surface area contributed by atoms with Crippen LogP contribution in [0.1, 0.15) is 39.2 Å². The van der Waals surface area contributed by atoms with E-state index < -0.39 is 42.8 Å². The average molecular weight is 619 g/mol. The lowest BCUT2D eigenvalue weighted by Gasteiger charge is -2.45. The largest absolute Gasteiger partial charge is 0.366 e. The highest BCUT2D eigenvalue weighted by Crippen LogP contribution is 2.40. The number of nitrogens with zero attached hydrogens (tertiary/aromatic N) is 6. The molecule has 0 unspecified atom stereocenters. The number of nitrogens with one attached hydrogen (secondary N) is 2. The van der Waals surface area contributed by atoms with Gasteiger partial charge in [-0.3, -0.25) is 18.2 Å². The maximum absolute atomic E-state index is 14.1. The SMILES string of the molecule is C[C@@H](CNc1nc2c(N3CC(C)(C#N)C3)cc(S(=O)(=O)NC3(C)CC3)cc2c(=O)n1Cc1cnn(C)c1)OS(C)(=O)=O. The van der Waals surface area contributed by atoms with Crippen LogP contribution in [0.5, 0.6) is 0 Å². The van der Waals surface area contributed by atoms with Gasteiger partial charge in [0.1, 0.15) is 5.52 Å². The molecular formula is C26H34N8O6S2. The smallest absolute Gasteiger partial charge is 0.264 e. The minimum absolute atomic E-state index is 0.0125. The van der Waals surface area contributed by atoms with Crippen molar-refractivity contribution in [3.63, 3.8) is 0 Å². The predicted molar refractivity (Wildman–Crippen MR) is 156 cm³/mol. The number of hydrogen-bond acceptors (Lipinski definition) is 11. The summed E-state index contributed by atoms with van der Waals surface area (Å²) in [5, 5.41) is 16.9. The monoisotopic (exact) mass is 618 g/mol. The first-order valence-corrected chi connectivity index (χ1v) is 16.7. The number of benzene rings is 1. The Labute approximate surface area is 244 Å². The zero-order chi connectivity index (χ0) is 30.7. The molecule has 0 spiro atoms. The van der Waals surface area contributed by atoms with Crippen molar-refractivity contribution in [2.24, 2.45) is 12.5 Å². The lowest BCUT2D eigenvalue weighted by atomic mass is 9.83. The normalized spacial score (nSPS) is 18.3. The second-order valence-electron chi connectivity index (χ2n) is 11.9. The van der Waals surface area contributed by atoms with Crippen molar-refractivity contribution in [1.29, 1.82) is 5.26 Å². The van der Waals surface area contributed by atoms with E-state index in [1.165, 1.54) is 16.7 Å². The van der Waals surface area contributed by atoms with Crippen LogP contribution in [0.25, 0.3) is 10.9 Å². The fourth-order valence-electron chi connectivity index (χ4n) is 4.97. The maximum atomic E-state index is 14.1. The molecule has 1 aliphatic carbocycles. The van der Waals surface area contributed by atoms with Gasteiger partial charge in [-0.25, -0.2) is 18.1 Å². The van der Waals surface area contributed by atoms with E-state index in [0.29, 0.717) is 24.3 Å². The van der Waals surface area contributed by atoms with E-state index in [1.807, 2.05) is 18.7 Å². The van der Waals surface area contributed by atoms with Crippen LogP contribution in [-0.4, -0.2) is 73.7 Å². The molecule has 5 rings (SSSR count). The fraction of sp³-hybridized carbons (Fsp3) is 0.538. The summed E-state index contributed by atoms with van der Waals surface area (Å²) in [7, 11) is -5.95. The molecule has 2 aromatic heterocycles. The zero-order valence-electron chi connectivity index (χ0n) is 24.1. The minimum Gasteiger partial charge on any atom is -0.366 e. The molecule has 14 nitrogen and oxygen atoms in total. The Morgan fingerprint density at radius 2 is 1.88 bits per heavy atom. The fourth-order valence-corrected chi connectivity index (χ4v) is 7.15. The van der Waals surface area contributed by atoms with Crippen molar-refractivity contribution in [3.05, 3.63) is 40.4 Å². The van der Waals surface area contributed by atoms with E-state index in [4.69, 9.17) is 9.17 Å². The van der Waals surface area contributed by atoms with E-state index >= 15 is 0 Å². The molecule has 2 aliphatic rings. The van der Waals surface area contributed by atoms with Crippen molar-refractivity contribution in [1.82, 2.24) is 24.1 Å². The minimum atomic E-state index is -3.98. The van der Waals surface area contributed by atoms with Gasteiger partial charge in [0.2, 0.25) is 16.0 Å². The zero-order valence-corrected chi connectivity index (χ0v) is 25.7. The van der Waals surface area contributed by atoms with Crippen LogP contribution in [-0.2, 0) is 37.9 Å². The van der Waals surface area contributed by atoms with Gasteiger partial charge in [-0.2, -0.15) is 18.8 Å². The standard InChI is InChI=1S/C26H34N8O6S2/c1-17(40-41(5,36)37)10-28-24-30-22-20(23(35)34(24)13-18-11-29-32(4)12-18)8-19(42(38,39)31-26(3)6-7-26)9-21(22)33-15-25(2,14-27)16-33/h8-9,11-12,17,31H,6-7,10,13,15-16H2,1-5H3,(H,28,30)/t17-/m0/s1. The summed E-state index contributed by atoms with van der Waals surface area (Å²) in [6.45, 7) is 5.95. The van der Waals surface area contributed by atoms with Crippen LogP contribution in [0.2, 0.25) is 0 Å². The van der Waals surface area contributed by atoms with E-state index in [9.17, 15) is 26.9 Å². The summed E-state index contributed by atoms with van der Waals surface area (Å²) < 4.78 is 60.9. The molecular weight excluding hydrogens is 584 g/mol. The third-order valence-corrected chi connectivity index (χ3v) is 9.68. The first-order chi connectivity index (χ1) is 19.5. The molecule has 0 amide bonds. The second kappa shape index (κ2) is 10.3. The van der Waals surface area contributed by atoms with E-state index in [2.05, 4.69) is 21.2 Å². The van der Waals surface area contributed by atoms with Crippen molar-refractivity contribution in [3.8, 4) is 6.07 Å². The van der Waals surface area contributed by atoms with Crippen LogP contribution >= 0.6 is 0 Å². The van der Waals surface area contributed by atoms with Gasteiger partial charge in [-0.05, 0) is 45.7 Å². The molecule has 3 aromatic rings. The van der Waals surface area contributed by atoms with E-state index in [1.54, 1.807) is 31.0 Å². The molecule has 1 saturated heterocycles. The molecule has 1 aliphatic heterocycles. The summed E-state index contributed by atoms with van der Waals surface area (Å²) in [6.07, 6.45) is 4.96. The Balaban J connectivity index is 1.66. The van der Waals surface area contributed by atoms with Crippen molar-refractivity contribution < 1.29 is 21.0 Å². The second-order valence-corrected chi connectivity index (χ2v) is 15.2. The van der Waals surface area contributed by atoms with Gasteiger partial charge >= 0.3 is 0 Å². The molecule has 42 heavy (non-hydrogen) atoms. The van der Waals surface area contributed by atoms with E-state index in [-0.39, 0.29) is 34.8 Å². The quantitative estimate of drug-likeness (QED) is 0.294. The highest BCUT2D eigenvalue weighted by atomic mass is 32.2. The summed E-state index contributed by atoms with van der Waals surface area (Å²) in [4.78, 5) is 20.7. The number of aromatic nitrogens is 4. The summed E-state index contributed by atoms with van der Waals surface area (Å²) in [5.74, 6) is 0.143. The van der Waals surface area contributed by atoms with Crippen molar-refractivity contribution in [2.75, 3.05) is 36.1 Å². The summed E-state index contributed by atoms with van der Waals surface area (Å²) in [6, 6.07) is 5.11. The maximum Gasteiger partial charge on any atom is 0.264 e. The number of rotatable bonds is 11. The molecule has 1 atom stereocenters. The molecule has 2 N–H and O–H groups in total. The molecule has 2 fully saturated rings. The lowest BCUT2D eigenvalue weighted by Crippen LogP contribution is -2.54. The van der Waals surface area contributed by atoms with Gasteiger partial charge in [-0.1, -0.05) is 0 Å². The lowest BCUT2D eigenvalue weighted by molar-refractivity contribution is 0.243. The third-order valence-electron chi connectivity index (χ3n) is 7.38. The number of sulfonamides is 1. The number of aryl methyl sites for hydroxylation is 1. The predicted octanol–water partition coefficient (Wildman–Crippen LogP) is 1.14. The highest BCUT2D eigenvalue weighted by molar-refractivity contribution is 7.89. The van der Waals surface area contributed by atoms with Crippen molar-refractivity contribution in [2.45, 2.75) is 56.7 Å². The number of nitriles is 1. The Morgan fingerprint density at radius 3 is 2.45 bits per heavy atom. The highest BCUT2D eigenvalue weighted by Gasteiger charge is 2.43. The third kappa shape index (κ3) is 6.28. The van der Waals surface area contributed by atoms with Gasteiger partial charge in [0.25, 0.3) is 15.7 Å². The Kier molecular flexibility index (Phi) is 7.37. The Hall–Kier alpha value is -3.52. The van der Waals surface area contributed by atoms with Gasteiger partial charge < -0.3 is 10.2 Å². The average Bonchev–Trinajstić information content (AvgIpc) is 3.44. The van der Waals surface area contributed by atoms with Crippen LogP contribution in [0.3, 0.4) is 0 Å². The van der Waals surface area contributed by atoms with Gasteiger partial charge in [0, 0.05) is 44.0 Å². The molecule has 1 saturated carbocycles. The molecule has 16 heteroatoms. The number of fused-ring (bicyclic) bond motifs is 1. The van der Waals surface area contributed by atoms with E-state index in [0.717, 1.165) is 19.1 Å². The van der Waals surface area contributed by atoms with Crippen LogP contribution in [0, 0.1) is 16.7 Å². The van der Waals surface area contributed by atoms with Crippen LogP contribution < -0.4 is 20.5 Å².